The second-order valence-corrected chi connectivity index (χ2v) is 7.06. The molecule has 0 aliphatic rings. The minimum atomic E-state index is 0.548. The Morgan fingerprint density at radius 1 is 1.25 bits per heavy atom. The molecule has 3 nitrogen and oxygen atoms in total. The first-order valence-corrected chi connectivity index (χ1v) is 8.72. The molecule has 0 aliphatic heterocycles. The fraction of sp³-hybridized carbons (Fsp3) is 0.812. The second-order valence-electron chi connectivity index (χ2n) is 6.00. The standard InChI is InChI=1S/C16H31N3S/c1-7-13(5)15-14(11-17-8-2)20-16(18-15)19(6)10-9-12(3)4/h12-13,17H,7-11H2,1-6H3. The number of nitrogens with one attached hydrogen (secondary N) is 1. The van der Waals surface area contributed by atoms with Crippen LogP contribution in [0.4, 0.5) is 5.13 Å². The Kier molecular flexibility index (Phi) is 7.52. The van der Waals surface area contributed by atoms with Crippen LogP contribution in [0.5, 0.6) is 0 Å². The lowest BCUT2D eigenvalue weighted by molar-refractivity contribution is 0.584. The quantitative estimate of drug-likeness (QED) is 0.738. The van der Waals surface area contributed by atoms with E-state index in [1.54, 1.807) is 0 Å². The average molecular weight is 298 g/mol. The minimum Gasteiger partial charge on any atom is -0.351 e. The molecule has 4 heteroatoms. The number of rotatable bonds is 9. The molecule has 0 bridgehead atoms. The summed E-state index contributed by atoms with van der Waals surface area (Å²) < 4.78 is 0. The van der Waals surface area contributed by atoms with Crippen molar-refractivity contribution in [2.75, 3.05) is 25.0 Å². The predicted molar refractivity (Wildman–Crippen MR) is 90.9 cm³/mol. The summed E-state index contributed by atoms with van der Waals surface area (Å²) in [5.74, 6) is 1.29. The third-order valence-corrected chi connectivity index (χ3v) is 4.88. The lowest BCUT2D eigenvalue weighted by Gasteiger charge is -2.16. The fourth-order valence-electron chi connectivity index (χ4n) is 2.00. The summed E-state index contributed by atoms with van der Waals surface area (Å²) in [6, 6.07) is 0. The molecular formula is C16H31N3S. The van der Waals surface area contributed by atoms with Crippen LogP contribution in [0, 0.1) is 5.92 Å². The molecule has 0 fully saturated rings. The minimum absolute atomic E-state index is 0.548. The van der Waals surface area contributed by atoms with Gasteiger partial charge in [0.05, 0.1) is 5.69 Å². The van der Waals surface area contributed by atoms with Crippen molar-refractivity contribution in [3.63, 3.8) is 0 Å². The Morgan fingerprint density at radius 3 is 2.50 bits per heavy atom. The van der Waals surface area contributed by atoms with E-state index in [1.807, 2.05) is 11.3 Å². The molecule has 20 heavy (non-hydrogen) atoms. The van der Waals surface area contributed by atoms with E-state index < -0.39 is 0 Å². The molecular weight excluding hydrogens is 266 g/mol. The van der Waals surface area contributed by atoms with Crippen LogP contribution in [0.15, 0.2) is 0 Å². The molecule has 0 aromatic carbocycles. The zero-order chi connectivity index (χ0) is 15.1. The molecule has 1 heterocycles. The lowest BCUT2D eigenvalue weighted by Crippen LogP contribution is -2.19. The molecule has 0 aliphatic carbocycles. The Morgan fingerprint density at radius 2 is 1.95 bits per heavy atom. The molecule has 1 rings (SSSR count). The van der Waals surface area contributed by atoms with Gasteiger partial charge in [-0.25, -0.2) is 4.98 Å². The summed E-state index contributed by atoms with van der Waals surface area (Å²) in [4.78, 5) is 8.64. The largest absolute Gasteiger partial charge is 0.351 e. The van der Waals surface area contributed by atoms with Crippen molar-refractivity contribution in [3.05, 3.63) is 10.6 Å². The van der Waals surface area contributed by atoms with Crippen molar-refractivity contribution < 1.29 is 0 Å². The van der Waals surface area contributed by atoms with Gasteiger partial charge >= 0.3 is 0 Å². The van der Waals surface area contributed by atoms with Crippen molar-refractivity contribution in [3.8, 4) is 0 Å². The zero-order valence-electron chi connectivity index (χ0n) is 14.0. The third-order valence-electron chi connectivity index (χ3n) is 3.70. The highest BCUT2D eigenvalue weighted by Crippen LogP contribution is 2.31. The van der Waals surface area contributed by atoms with Gasteiger partial charge in [0.25, 0.3) is 0 Å². The van der Waals surface area contributed by atoms with E-state index in [9.17, 15) is 0 Å². The molecule has 0 saturated heterocycles. The molecule has 1 atom stereocenters. The molecule has 116 valence electrons. The van der Waals surface area contributed by atoms with Crippen molar-refractivity contribution in [1.29, 1.82) is 0 Å². The van der Waals surface area contributed by atoms with Crippen molar-refractivity contribution in [2.45, 2.75) is 59.9 Å². The van der Waals surface area contributed by atoms with E-state index >= 15 is 0 Å². The molecule has 0 spiro atoms. The maximum atomic E-state index is 4.92. The van der Waals surface area contributed by atoms with Gasteiger partial charge in [-0.05, 0) is 31.2 Å². The van der Waals surface area contributed by atoms with Gasteiger partial charge in [-0.15, -0.1) is 11.3 Å². The van der Waals surface area contributed by atoms with Crippen molar-refractivity contribution in [1.82, 2.24) is 10.3 Å². The monoisotopic (exact) mass is 297 g/mol. The summed E-state index contributed by atoms with van der Waals surface area (Å²) in [6.45, 7) is 14.3. The smallest absolute Gasteiger partial charge is 0.185 e. The fourth-order valence-corrected chi connectivity index (χ4v) is 3.14. The van der Waals surface area contributed by atoms with Crippen LogP contribution in [0.1, 0.15) is 63.9 Å². The van der Waals surface area contributed by atoms with Gasteiger partial charge in [0, 0.05) is 25.0 Å². The highest BCUT2D eigenvalue weighted by Gasteiger charge is 2.17. The topological polar surface area (TPSA) is 28.2 Å². The van der Waals surface area contributed by atoms with E-state index in [0.717, 1.165) is 32.0 Å². The van der Waals surface area contributed by atoms with E-state index in [2.05, 4.69) is 51.9 Å². The number of aromatic nitrogens is 1. The van der Waals surface area contributed by atoms with Gasteiger partial charge in [0.15, 0.2) is 5.13 Å². The Labute approximate surface area is 128 Å². The number of anilines is 1. The summed E-state index contributed by atoms with van der Waals surface area (Å²) in [6.07, 6.45) is 2.37. The highest BCUT2D eigenvalue weighted by atomic mass is 32.1. The molecule has 1 aromatic rings. The summed E-state index contributed by atoms with van der Waals surface area (Å²) >= 11 is 1.86. The molecule has 0 radical (unpaired) electrons. The van der Waals surface area contributed by atoms with Crippen molar-refractivity contribution >= 4 is 16.5 Å². The van der Waals surface area contributed by atoms with Gasteiger partial charge in [0.1, 0.15) is 0 Å². The van der Waals surface area contributed by atoms with Gasteiger partial charge in [-0.3, -0.25) is 0 Å². The van der Waals surface area contributed by atoms with Crippen LogP contribution in [0.25, 0.3) is 0 Å². The highest BCUT2D eigenvalue weighted by molar-refractivity contribution is 7.15. The maximum absolute atomic E-state index is 4.92. The summed E-state index contributed by atoms with van der Waals surface area (Å²) in [5.41, 5.74) is 1.30. The summed E-state index contributed by atoms with van der Waals surface area (Å²) in [5, 5.41) is 4.61. The first-order valence-electron chi connectivity index (χ1n) is 7.90. The van der Waals surface area contributed by atoms with Crippen LogP contribution in [0.3, 0.4) is 0 Å². The van der Waals surface area contributed by atoms with Gasteiger partial charge in [-0.1, -0.05) is 34.6 Å². The first-order chi connectivity index (χ1) is 9.49. The Balaban J connectivity index is 2.83. The van der Waals surface area contributed by atoms with Crippen LogP contribution >= 0.6 is 11.3 Å². The van der Waals surface area contributed by atoms with Gasteiger partial charge in [-0.2, -0.15) is 0 Å². The number of thiazole rings is 1. The van der Waals surface area contributed by atoms with E-state index in [1.165, 1.54) is 22.1 Å². The molecule has 1 N–H and O–H groups in total. The zero-order valence-corrected chi connectivity index (χ0v) is 14.8. The van der Waals surface area contributed by atoms with Crippen LogP contribution in [0.2, 0.25) is 0 Å². The molecule has 0 amide bonds. The Bertz CT molecular complexity index is 387. The first kappa shape index (κ1) is 17.4. The van der Waals surface area contributed by atoms with Crippen LogP contribution in [-0.4, -0.2) is 25.1 Å². The number of hydrogen-bond donors (Lipinski definition) is 1. The lowest BCUT2D eigenvalue weighted by atomic mass is 10.0. The van der Waals surface area contributed by atoms with Crippen LogP contribution in [-0.2, 0) is 6.54 Å². The number of hydrogen-bond acceptors (Lipinski definition) is 4. The van der Waals surface area contributed by atoms with Gasteiger partial charge < -0.3 is 10.2 Å². The van der Waals surface area contributed by atoms with E-state index in [-0.39, 0.29) is 0 Å². The average Bonchev–Trinajstić information content (AvgIpc) is 2.85. The van der Waals surface area contributed by atoms with Crippen molar-refractivity contribution in [2.24, 2.45) is 5.92 Å². The molecule has 0 saturated carbocycles. The maximum Gasteiger partial charge on any atom is 0.185 e. The summed E-state index contributed by atoms with van der Waals surface area (Å²) in [7, 11) is 2.17. The van der Waals surface area contributed by atoms with E-state index in [0.29, 0.717) is 5.92 Å². The van der Waals surface area contributed by atoms with Gasteiger partial charge in [0.2, 0.25) is 0 Å². The SMILES string of the molecule is CCNCc1sc(N(C)CCC(C)C)nc1C(C)CC. The Hall–Kier alpha value is -0.610. The molecule has 1 aromatic heterocycles. The van der Waals surface area contributed by atoms with E-state index in [4.69, 9.17) is 4.98 Å². The third kappa shape index (κ3) is 5.06. The number of nitrogens with zero attached hydrogens (tertiary/aromatic N) is 2. The normalized spacial score (nSPS) is 12.9. The molecule has 1 unspecified atom stereocenters. The predicted octanol–water partition coefficient (Wildman–Crippen LogP) is 4.25. The second kappa shape index (κ2) is 8.63. The van der Waals surface area contributed by atoms with Crippen LogP contribution < -0.4 is 10.2 Å².